The number of anilines is 1. The number of sulfonamides is 1. The van der Waals surface area contributed by atoms with Gasteiger partial charge in [0.15, 0.2) is 0 Å². The van der Waals surface area contributed by atoms with Gasteiger partial charge in [-0.2, -0.15) is 0 Å². The Morgan fingerprint density at radius 1 is 0.905 bits per heavy atom. The monoisotopic (exact) mass is 595 g/mol. The quantitative estimate of drug-likeness (QED) is 0.281. The van der Waals surface area contributed by atoms with Gasteiger partial charge in [-0.3, -0.25) is 13.9 Å². The summed E-state index contributed by atoms with van der Waals surface area (Å²) in [5, 5.41) is 2.98. The van der Waals surface area contributed by atoms with Gasteiger partial charge in [-0.1, -0.05) is 56.3 Å². The highest BCUT2D eigenvalue weighted by atomic mass is 32.2. The summed E-state index contributed by atoms with van der Waals surface area (Å²) in [5.41, 5.74) is 1.93. The number of hydrogen-bond acceptors (Lipinski definition) is 6. The standard InChI is InChI=1S/C32H41N3O6S/c1-6-41-28-17-15-27(16-18-28)35(42(5,38)39)23-31(36)34(22-26-13-10-14-29(19-26)40-4)30(32(37)33-21-24(2)3)20-25-11-8-7-9-12-25/h7-19,24,30H,6,20-23H2,1-5H3,(H,33,37)/t30-/m0/s1. The van der Waals surface area contributed by atoms with Crippen LogP contribution in [0.4, 0.5) is 5.69 Å². The summed E-state index contributed by atoms with van der Waals surface area (Å²) in [6.45, 7) is 6.33. The summed E-state index contributed by atoms with van der Waals surface area (Å²) < 4.78 is 37.8. The lowest BCUT2D eigenvalue weighted by Gasteiger charge is -2.33. The zero-order chi connectivity index (χ0) is 30.7. The van der Waals surface area contributed by atoms with Crippen molar-refractivity contribution in [2.45, 2.75) is 39.8 Å². The largest absolute Gasteiger partial charge is 0.497 e. The SMILES string of the molecule is CCOc1ccc(N(CC(=O)N(Cc2cccc(OC)c2)[C@@H](Cc2ccccc2)C(=O)NCC(C)C)S(C)(=O)=O)cc1. The van der Waals surface area contributed by atoms with E-state index in [9.17, 15) is 18.0 Å². The van der Waals surface area contributed by atoms with Crippen molar-refractivity contribution in [3.8, 4) is 11.5 Å². The third-order valence-electron chi connectivity index (χ3n) is 6.56. The topological polar surface area (TPSA) is 105 Å². The minimum atomic E-state index is -3.86. The molecule has 3 rings (SSSR count). The highest BCUT2D eigenvalue weighted by Gasteiger charge is 2.33. The number of benzene rings is 3. The molecule has 0 fully saturated rings. The Bertz CT molecular complexity index is 1410. The van der Waals surface area contributed by atoms with Gasteiger partial charge in [0.2, 0.25) is 21.8 Å². The first kappa shape index (κ1) is 32.5. The average molecular weight is 596 g/mol. The van der Waals surface area contributed by atoms with Crippen molar-refractivity contribution in [3.63, 3.8) is 0 Å². The summed E-state index contributed by atoms with van der Waals surface area (Å²) in [6.07, 6.45) is 1.31. The molecule has 0 spiro atoms. The smallest absolute Gasteiger partial charge is 0.244 e. The lowest BCUT2D eigenvalue weighted by molar-refractivity contribution is -0.140. The van der Waals surface area contributed by atoms with Gasteiger partial charge in [-0.25, -0.2) is 8.42 Å². The second kappa shape index (κ2) is 15.3. The number of carbonyl (C=O) groups excluding carboxylic acids is 2. The molecule has 0 aliphatic rings. The van der Waals surface area contributed by atoms with Crippen molar-refractivity contribution >= 4 is 27.5 Å². The van der Waals surface area contributed by atoms with E-state index in [4.69, 9.17) is 9.47 Å². The molecule has 0 unspecified atom stereocenters. The molecule has 0 saturated heterocycles. The van der Waals surface area contributed by atoms with Crippen LogP contribution in [0.3, 0.4) is 0 Å². The molecule has 3 aromatic rings. The molecular weight excluding hydrogens is 554 g/mol. The van der Waals surface area contributed by atoms with Crippen LogP contribution in [0, 0.1) is 5.92 Å². The van der Waals surface area contributed by atoms with Crippen molar-refractivity contribution in [1.29, 1.82) is 0 Å². The fourth-order valence-electron chi connectivity index (χ4n) is 4.43. The van der Waals surface area contributed by atoms with Crippen molar-refractivity contribution in [2.24, 2.45) is 5.92 Å². The molecule has 226 valence electrons. The lowest BCUT2D eigenvalue weighted by atomic mass is 10.0. The molecule has 9 nitrogen and oxygen atoms in total. The Balaban J connectivity index is 2.04. The molecule has 0 bridgehead atoms. The van der Waals surface area contributed by atoms with E-state index in [0.29, 0.717) is 30.3 Å². The second-order valence-corrected chi connectivity index (χ2v) is 12.3. The van der Waals surface area contributed by atoms with Crippen LogP contribution in [0.5, 0.6) is 11.5 Å². The number of amides is 2. The maximum absolute atomic E-state index is 14.2. The third-order valence-corrected chi connectivity index (χ3v) is 7.70. The molecule has 3 aromatic carbocycles. The van der Waals surface area contributed by atoms with E-state index >= 15 is 0 Å². The highest BCUT2D eigenvalue weighted by molar-refractivity contribution is 7.92. The van der Waals surface area contributed by atoms with Crippen LogP contribution < -0.4 is 19.1 Å². The molecule has 10 heteroatoms. The molecule has 0 saturated carbocycles. The predicted octanol–water partition coefficient (Wildman–Crippen LogP) is 4.27. The molecule has 0 heterocycles. The van der Waals surface area contributed by atoms with E-state index in [1.807, 2.05) is 63.2 Å². The molecular formula is C32H41N3O6S. The van der Waals surface area contributed by atoms with Gasteiger partial charge in [0.05, 0.1) is 25.7 Å². The first-order chi connectivity index (χ1) is 20.0. The maximum atomic E-state index is 14.2. The van der Waals surface area contributed by atoms with E-state index in [1.165, 1.54) is 4.90 Å². The molecule has 0 aliphatic heterocycles. The van der Waals surface area contributed by atoms with Crippen LogP contribution in [0.1, 0.15) is 31.9 Å². The molecule has 1 atom stereocenters. The Labute approximate surface area is 249 Å². The van der Waals surface area contributed by atoms with E-state index in [2.05, 4.69) is 5.32 Å². The van der Waals surface area contributed by atoms with Gasteiger partial charge in [0, 0.05) is 19.5 Å². The number of hydrogen-bond donors (Lipinski definition) is 1. The van der Waals surface area contributed by atoms with Crippen LogP contribution in [-0.4, -0.2) is 64.2 Å². The van der Waals surface area contributed by atoms with Crippen LogP contribution in [0.15, 0.2) is 78.9 Å². The van der Waals surface area contributed by atoms with Gasteiger partial charge < -0.3 is 19.7 Å². The van der Waals surface area contributed by atoms with E-state index in [-0.39, 0.29) is 24.8 Å². The maximum Gasteiger partial charge on any atom is 0.244 e. The van der Waals surface area contributed by atoms with Crippen LogP contribution in [-0.2, 0) is 32.6 Å². The van der Waals surface area contributed by atoms with Crippen molar-refractivity contribution < 1.29 is 27.5 Å². The van der Waals surface area contributed by atoms with Gasteiger partial charge in [0.25, 0.3) is 0 Å². The second-order valence-electron chi connectivity index (χ2n) is 10.4. The third kappa shape index (κ3) is 9.51. The molecule has 0 radical (unpaired) electrons. The summed E-state index contributed by atoms with van der Waals surface area (Å²) in [7, 11) is -2.30. The first-order valence-corrected chi connectivity index (χ1v) is 15.8. The number of methoxy groups -OCH3 is 1. The molecule has 2 amide bonds. The minimum Gasteiger partial charge on any atom is -0.497 e. The van der Waals surface area contributed by atoms with E-state index < -0.39 is 28.5 Å². The Kier molecular flexibility index (Phi) is 11.8. The van der Waals surface area contributed by atoms with Gasteiger partial charge >= 0.3 is 0 Å². The van der Waals surface area contributed by atoms with Gasteiger partial charge in [0.1, 0.15) is 24.1 Å². The molecule has 42 heavy (non-hydrogen) atoms. The van der Waals surface area contributed by atoms with E-state index in [0.717, 1.165) is 21.7 Å². The van der Waals surface area contributed by atoms with Gasteiger partial charge in [-0.15, -0.1) is 0 Å². The van der Waals surface area contributed by atoms with E-state index in [1.54, 1.807) is 43.5 Å². The number of nitrogens with one attached hydrogen (secondary N) is 1. The zero-order valence-corrected chi connectivity index (χ0v) is 25.8. The van der Waals surface area contributed by atoms with Gasteiger partial charge in [-0.05, 0) is 60.4 Å². The summed E-state index contributed by atoms with van der Waals surface area (Å²) >= 11 is 0. The lowest BCUT2D eigenvalue weighted by Crippen LogP contribution is -2.53. The highest BCUT2D eigenvalue weighted by Crippen LogP contribution is 2.24. The van der Waals surface area contributed by atoms with Crippen LogP contribution >= 0.6 is 0 Å². The van der Waals surface area contributed by atoms with Crippen molar-refractivity contribution in [2.75, 3.05) is 37.4 Å². The first-order valence-electron chi connectivity index (χ1n) is 14.0. The van der Waals surface area contributed by atoms with Crippen molar-refractivity contribution in [3.05, 3.63) is 90.0 Å². The predicted molar refractivity (Wildman–Crippen MR) is 165 cm³/mol. The fourth-order valence-corrected chi connectivity index (χ4v) is 5.28. The number of rotatable bonds is 15. The van der Waals surface area contributed by atoms with Crippen molar-refractivity contribution in [1.82, 2.24) is 10.2 Å². The molecule has 0 aliphatic carbocycles. The minimum absolute atomic E-state index is 0.0729. The normalized spacial score (nSPS) is 12.0. The molecule has 0 aromatic heterocycles. The Hall–Kier alpha value is -4.05. The summed E-state index contributed by atoms with van der Waals surface area (Å²) in [5.74, 6) is 0.573. The molecule has 1 N–H and O–H groups in total. The number of carbonyl (C=O) groups is 2. The Morgan fingerprint density at radius 2 is 1.57 bits per heavy atom. The summed E-state index contributed by atoms with van der Waals surface area (Å²) in [6, 6.07) is 22.3. The fraction of sp³-hybridized carbons (Fsp3) is 0.375. The Morgan fingerprint density at radius 3 is 2.17 bits per heavy atom. The summed E-state index contributed by atoms with van der Waals surface area (Å²) in [4.78, 5) is 29.3. The number of nitrogens with zero attached hydrogens (tertiary/aromatic N) is 2. The van der Waals surface area contributed by atoms with Crippen LogP contribution in [0.2, 0.25) is 0 Å². The van der Waals surface area contributed by atoms with Crippen LogP contribution in [0.25, 0.3) is 0 Å². The number of ether oxygens (including phenoxy) is 2. The zero-order valence-electron chi connectivity index (χ0n) is 24.9. The average Bonchev–Trinajstić information content (AvgIpc) is 2.97.